The minimum atomic E-state index is -1.12. The van der Waals surface area contributed by atoms with Crippen molar-refractivity contribution in [3.8, 4) is 11.5 Å². The highest BCUT2D eigenvalue weighted by atomic mass is 127. The van der Waals surface area contributed by atoms with Gasteiger partial charge < -0.3 is 19.0 Å². The van der Waals surface area contributed by atoms with E-state index in [2.05, 4.69) is 10.5 Å². The highest BCUT2D eigenvalue weighted by molar-refractivity contribution is 14.1. The second kappa shape index (κ2) is 9.42. The number of carboxylic acid groups (broad SMARTS) is 1. The Morgan fingerprint density at radius 2 is 2.10 bits per heavy atom. The minimum absolute atomic E-state index is 0.0581. The topological polar surface area (TPSA) is 154 Å². The molecule has 1 amide bonds. The molecular formula is C19H14IN3O8. The van der Waals surface area contributed by atoms with Crippen LogP contribution in [0.1, 0.15) is 16.1 Å². The molecule has 2 aromatic carbocycles. The number of nitro benzene ring substituents is 1. The molecule has 1 aromatic heterocycles. The van der Waals surface area contributed by atoms with E-state index in [9.17, 15) is 19.7 Å². The summed E-state index contributed by atoms with van der Waals surface area (Å²) in [5.41, 5.74) is 3.08. The number of nitro groups is 1. The van der Waals surface area contributed by atoms with Crippen LogP contribution in [-0.4, -0.2) is 41.8 Å². The third-order valence-electron chi connectivity index (χ3n) is 3.91. The van der Waals surface area contributed by atoms with Crippen molar-refractivity contribution >= 4 is 57.3 Å². The highest BCUT2D eigenvalue weighted by Gasteiger charge is 2.15. The number of hydrazone groups is 1. The molecule has 2 N–H and O–H groups in total. The predicted octanol–water partition coefficient (Wildman–Crippen LogP) is 3.18. The summed E-state index contributed by atoms with van der Waals surface area (Å²) in [5, 5.41) is 23.9. The van der Waals surface area contributed by atoms with Gasteiger partial charge in [-0.3, -0.25) is 14.9 Å². The summed E-state index contributed by atoms with van der Waals surface area (Å²) in [6.07, 6.45) is 1.36. The minimum Gasteiger partial charge on any atom is -0.493 e. The van der Waals surface area contributed by atoms with E-state index in [0.717, 1.165) is 0 Å². The molecule has 0 spiro atoms. The fraction of sp³-hybridized carbons (Fsp3) is 0.105. The van der Waals surface area contributed by atoms with Crippen molar-refractivity contribution < 1.29 is 33.5 Å². The van der Waals surface area contributed by atoms with E-state index >= 15 is 0 Å². The van der Waals surface area contributed by atoms with E-state index in [1.807, 2.05) is 22.6 Å². The maximum atomic E-state index is 12.3. The molecule has 0 aliphatic carbocycles. The molecule has 31 heavy (non-hydrogen) atoms. The molecule has 0 atom stereocenters. The van der Waals surface area contributed by atoms with E-state index in [0.29, 0.717) is 25.9 Å². The number of carboxylic acids is 1. The zero-order valence-electron chi connectivity index (χ0n) is 15.8. The van der Waals surface area contributed by atoms with Crippen molar-refractivity contribution in [2.24, 2.45) is 5.10 Å². The third-order valence-corrected chi connectivity index (χ3v) is 4.71. The van der Waals surface area contributed by atoms with Crippen LogP contribution in [-0.2, 0) is 4.79 Å². The van der Waals surface area contributed by atoms with Crippen LogP contribution in [0.3, 0.4) is 0 Å². The van der Waals surface area contributed by atoms with Gasteiger partial charge in [0.1, 0.15) is 5.58 Å². The molecular weight excluding hydrogens is 525 g/mol. The lowest BCUT2D eigenvalue weighted by molar-refractivity contribution is -0.384. The molecule has 3 rings (SSSR count). The van der Waals surface area contributed by atoms with Gasteiger partial charge in [0.15, 0.2) is 23.9 Å². The van der Waals surface area contributed by atoms with Gasteiger partial charge in [0.05, 0.1) is 21.8 Å². The Morgan fingerprint density at radius 3 is 2.77 bits per heavy atom. The second-order valence-corrected chi connectivity index (χ2v) is 7.17. The van der Waals surface area contributed by atoms with Gasteiger partial charge in [0, 0.05) is 17.5 Å². The maximum Gasteiger partial charge on any atom is 0.341 e. The van der Waals surface area contributed by atoms with Crippen molar-refractivity contribution in [2.45, 2.75) is 0 Å². The van der Waals surface area contributed by atoms with Crippen molar-refractivity contribution in [3.63, 3.8) is 0 Å². The van der Waals surface area contributed by atoms with Crippen LogP contribution in [0.5, 0.6) is 11.5 Å². The van der Waals surface area contributed by atoms with E-state index in [-0.39, 0.29) is 17.2 Å². The molecule has 0 fully saturated rings. The predicted molar refractivity (Wildman–Crippen MR) is 117 cm³/mol. The van der Waals surface area contributed by atoms with E-state index in [1.165, 1.54) is 37.6 Å². The first-order valence-corrected chi connectivity index (χ1v) is 9.60. The number of methoxy groups -OCH3 is 1. The van der Waals surface area contributed by atoms with Crippen LogP contribution in [0.4, 0.5) is 5.69 Å². The summed E-state index contributed by atoms with van der Waals surface area (Å²) in [7, 11) is 1.41. The SMILES string of the molecule is COc1cc(/C=N/NC(=O)c2cc3cc([N+](=O)[O-])ccc3o2)cc(I)c1OCC(=O)O. The van der Waals surface area contributed by atoms with E-state index in [4.69, 9.17) is 19.0 Å². The summed E-state index contributed by atoms with van der Waals surface area (Å²) >= 11 is 1.96. The van der Waals surface area contributed by atoms with Crippen molar-refractivity contribution in [1.82, 2.24) is 5.43 Å². The highest BCUT2D eigenvalue weighted by Crippen LogP contribution is 2.33. The number of amides is 1. The quantitative estimate of drug-likeness (QED) is 0.192. The Balaban J connectivity index is 1.73. The first kappa shape index (κ1) is 22.0. The molecule has 160 valence electrons. The van der Waals surface area contributed by atoms with Gasteiger partial charge in [-0.1, -0.05) is 0 Å². The molecule has 0 saturated carbocycles. The Bertz CT molecular complexity index is 1200. The normalized spacial score (nSPS) is 10.9. The first-order chi connectivity index (χ1) is 14.8. The summed E-state index contributed by atoms with van der Waals surface area (Å²) < 4.78 is 16.4. The monoisotopic (exact) mass is 539 g/mol. The smallest absolute Gasteiger partial charge is 0.341 e. The summed E-state index contributed by atoms with van der Waals surface area (Å²) in [6, 6.07) is 8.61. The lowest BCUT2D eigenvalue weighted by atomic mass is 10.2. The standard InChI is InChI=1S/C19H14IN3O8/c1-29-15-5-10(4-13(20)18(15)30-9-17(24)25)8-21-22-19(26)16-7-11-6-12(23(27)28)2-3-14(11)31-16/h2-8H,9H2,1H3,(H,22,26)(H,24,25)/b21-8+. The lowest BCUT2D eigenvalue weighted by Crippen LogP contribution is -2.16. The van der Waals surface area contributed by atoms with Crippen molar-refractivity contribution in [2.75, 3.05) is 13.7 Å². The van der Waals surface area contributed by atoms with Gasteiger partial charge in [-0.25, -0.2) is 10.2 Å². The molecule has 0 saturated heterocycles. The number of non-ortho nitro benzene ring substituents is 1. The van der Waals surface area contributed by atoms with Crippen LogP contribution in [0, 0.1) is 13.7 Å². The fourth-order valence-electron chi connectivity index (χ4n) is 2.57. The van der Waals surface area contributed by atoms with Gasteiger partial charge in [0.2, 0.25) is 0 Å². The van der Waals surface area contributed by atoms with Crippen LogP contribution in [0.25, 0.3) is 11.0 Å². The molecule has 3 aromatic rings. The van der Waals surface area contributed by atoms with Crippen LogP contribution < -0.4 is 14.9 Å². The Morgan fingerprint density at radius 1 is 1.32 bits per heavy atom. The van der Waals surface area contributed by atoms with Crippen LogP contribution >= 0.6 is 22.6 Å². The molecule has 0 aliphatic heterocycles. The number of nitrogens with one attached hydrogen (secondary N) is 1. The number of aliphatic carboxylic acids is 1. The number of ether oxygens (including phenoxy) is 2. The largest absolute Gasteiger partial charge is 0.493 e. The summed E-state index contributed by atoms with van der Waals surface area (Å²) in [6.45, 7) is -0.517. The number of halogens is 1. The number of hydrogen-bond acceptors (Lipinski definition) is 8. The molecule has 0 aliphatic rings. The zero-order chi connectivity index (χ0) is 22.5. The Labute approximate surface area is 187 Å². The van der Waals surface area contributed by atoms with Crippen LogP contribution in [0.2, 0.25) is 0 Å². The zero-order valence-corrected chi connectivity index (χ0v) is 18.0. The Hall–Kier alpha value is -3.68. The number of hydrogen-bond donors (Lipinski definition) is 2. The van der Waals surface area contributed by atoms with E-state index < -0.39 is 23.4 Å². The molecule has 12 heteroatoms. The molecule has 0 bridgehead atoms. The Kier molecular flexibility index (Phi) is 6.69. The average Bonchev–Trinajstić information content (AvgIpc) is 3.15. The average molecular weight is 539 g/mol. The number of carbonyl (C=O) groups is 2. The molecule has 1 heterocycles. The third kappa shape index (κ3) is 5.28. The van der Waals surface area contributed by atoms with E-state index in [1.54, 1.807) is 12.1 Å². The summed E-state index contributed by atoms with van der Waals surface area (Å²) in [5.74, 6) is -1.23. The number of fused-ring (bicyclic) bond motifs is 1. The second-order valence-electron chi connectivity index (χ2n) is 6.01. The lowest BCUT2D eigenvalue weighted by Gasteiger charge is -2.12. The van der Waals surface area contributed by atoms with Crippen LogP contribution in [0.15, 0.2) is 45.9 Å². The fourth-order valence-corrected chi connectivity index (χ4v) is 3.35. The van der Waals surface area contributed by atoms with Gasteiger partial charge >= 0.3 is 11.9 Å². The molecule has 11 nitrogen and oxygen atoms in total. The van der Waals surface area contributed by atoms with Crippen molar-refractivity contribution in [3.05, 3.63) is 61.4 Å². The van der Waals surface area contributed by atoms with Crippen molar-refractivity contribution in [1.29, 1.82) is 0 Å². The first-order valence-electron chi connectivity index (χ1n) is 8.52. The van der Waals surface area contributed by atoms with Gasteiger partial charge in [-0.05, 0) is 52.4 Å². The summed E-state index contributed by atoms with van der Waals surface area (Å²) in [4.78, 5) is 33.3. The number of nitrogens with zero attached hydrogens (tertiary/aromatic N) is 2. The number of carbonyl (C=O) groups excluding carboxylic acids is 1. The molecule has 0 unspecified atom stereocenters. The maximum absolute atomic E-state index is 12.3. The molecule has 0 radical (unpaired) electrons. The number of benzene rings is 2. The van der Waals surface area contributed by atoms with Gasteiger partial charge in [0.25, 0.3) is 5.69 Å². The number of rotatable bonds is 8. The number of furan rings is 1. The van der Waals surface area contributed by atoms with Gasteiger partial charge in [-0.2, -0.15) is 5.10 Å². The van der Waals surface area contributed by atoms with Gasteiger partial charge in [-0.15, -0.1) is 0 Å².